The average molecular weight is 349 g/mol. The summed E-state index contributed by atoms with van der Waals surface area (Å²) in [5, 5.41) is 8.01. The second kappa shape index (κ2) is 6.85. The maximum Gasteiger partial charge on any atom is 0.366 e. The predicted molar refractivity (Wildman–Crippen MR) is 87.1 cm³/mol. The molecule has 25 heavy (non-hydrogen) atoms. The van der Waals surface area contributed by atoms with Crippen LogP contribution in [0.4, 0.5) is 8.78 Å². The van der Waals surface area contributed by atoms with Gasteiger partial charge in [0.2, 0.25) is 0 Å². The Bertz CT molecular complexity index is 761. The number of amides is 1. The summed E-state index contributed by atoms with van der Waals surface area (Å²) in [5.41, 5.74) is -0.168. The molecule has 6 nitrogen and oxygen atoms in total. The minimum absolute atomic E-state index is 0.0826. The van der Waals surface area contributed by atoms with E-state index < -0.39 is 17.5 Å². The smallest absolute Gasteiger partial charge is 0.336 e. The number of aromatic nitrogens is 4. The van der Waals surface area contributed by atoms with Crippen molar-refractivity contribution in [2.24, 2.45) is 0 Å². The van der Waals surface area contributed by atoms with Gasteiger partial charge in [0, 0.05) is 31.7 Å². The van der Waals surface area contributed by atoms with Crippen molar-refractivity contribution in [2.75, 3.05) is 13.1 Å². The molecule has 1 aliphatic rings. The molecule has 1 aliphatic heterocycles. The molecule has 0 spiro atoms. The molecule has 0 unspecified atom stereocenters. The first kappa shape index (κ1) is 17.4. The number of likely N-dealkylation sites (tertiary alicyclic amines) is 1. The highest BCUT2D eigenvalue weighted by atomic mass is 19.3. The number of aryl methyl sites for hydroxylation is 2. The van der Waals surface area contributed by atoms with Crippen LogP contribution in [0, 0.1) is 6.92 Å². The normalized spacial score (nSPS) is 18.4. The molecule has 134 valence electrons. The number of nitrogens with zero attached hydrogens (tertiary/aromatic N) is 5. The molecule has 1 amide bonds. The summed E-state index contributed by atoms with van der Waals surface area (Å²) in [6.45, 7) is 4.75. The lowest BCUT2D eigenvalue weighted by molar-refractivity contribution is -0.161. The van der Waals surface area contributed by atoms with E-state index in [-0.39, 0.29) is 12.5 Å². The number of alkyl halides is 2. The van der Waals surface area contributed by atoms with E-state index in [0.29, 0.717) is 25.1 Å². The van der Waals surface area contributed by atoms with Crippen molar-refractivity contribution < 1.29 is 13.6 Å². The molecular formula is C17H21F2N5O. The Morgan fingerprint density at radius 3 is 2.96 bits per heavy atom. The Morgan fingerprint density at radius 2 is 2.24 bits per heavy atom. The molecule has 2 aromatic heterocycles. The van der Waals surface area contributed by atoms with E-state index in [9.17, 15) is 13.6 Å². The Hall–Kier alpha value is -2.38. The fourth-order valence-electron chi connectivity index (χ4n) is 3.31. The summed E-state index contributed by atoms with van der Waals surface area (Å²) in [6.07, 6.45) is 4.37. The fourth-order valence-corrected chi connectivity index (χ4v) is 3.31. The zero-order valence-electron chi connectivity index (χ0n) is 14.3. The first-order valence-corrected chi connectivity index (χ1v) is 8.42. The lowest BCUT2D eigenvalue weighted by atomic mass is 9.96. The summed E-state index contributed by atoms with van der Waals surface area (Å²) < 4.78 is 31.3. The topological polar surface area (TPSA) is 63.9 Å². The number of carbonyl (C=O) groups is 1. The maximum atomic E-state index is 14.7. The maximum absolute atomic E-state index is 14.7. The molecule has 1 fully saturated rings. The largest absolute Gasteiger partial charge is 0.366 e. The van der Waals surface area contributed by atoms with E-state index in [2.05, 4.69) is 15.2 Å². The van der Waals surface area contributed by atoms with Crippen molar-refractivity contribution in [3.05, 3.63) is 41.7 Å². The number of halogens is 2. The lowest BCUT2D eigenvalue weighted by Gasteiger charge is -2.34. The monoisotopic (exact) mass is 349 g/mol. The number of rotatable bonds is 4. The zero-order valence-corrected chi connectivity index (χ0v) is 14.3. The summed E-state index contributed by atoms with van der Waals surface area (Å²) in [6, 6.07) is 3.11. The second-order valence-corrected chi connectivity index (χ2v) is 6.31. The van der Waals surface area contributed by atoms with Crippen LogP contribution in [-0.2, 0) is 17.3 Å². The molecule has 3 heterocycles. The van der Waals surface area contributed by atoms with Crippen molar-refractivity contribution in [3.8, 4) is 0 Å². The first-order valence-electron chi connectivity index (χ1n) is 8.42. The van der Waals surface area contributed by atoms with Crippen molar-refractivity contribution >= 4 is 5.91 Å². The highest BCUT2D eigenvalue weighted by Gasteiger charge is 2.47. The van der Waals surface area contributed by atoms with Gasteiger partial charge in [0.05, 0.1) is 0 Å². The van der Waals surface area contributed by atoms with Gasteiger partial charge in [-0.15, -0.1) is 10.2 Å². The molecule has 0 aliphatic carbocycles. The zero-order chi connectivity index (χ0) is 18.0. The van der Waals surface area contributed by atoms with Crippen LogP contribution in [0.5, 0.6) is 0 Å². The number of carbonyl (C=O) groups excluding carboxylic acids is 1. The molecule has 1 saturated heterocycles. The SMILES string of the molecule is CCn1cnnc1[C@H]1CCCN(C(=O)C(F)(F)c2ncccc2C)C1. The highest BCUT2D eigenvalue weighted by Crippen LogP contribution is 2.34. The predicted octanol–water partition coefficient (Wildman–Crippen LogP) is 2.50. The summed E-state index contributed by atoms with van der Waals surface area (Å²) in [7, 11) is 0. The third-order valence-electron chi connectivity index (χ3n) is 4.64. The van der Waals surface area contributed by atoms with E-state index in [1.807, 2.05) is 11.5 Å². The molecule has 1 atom stereocenters. The van der Waals surface area contributed by atoms with Crippen molar-refractivity contribution in [1.29, 1.82) is 0 Å². The third kappa shape index (κ3) is 3.25. The molecular weight excluding hydrogens is 328 g/mol. The van der Waals surface area contributed by atoms with Crippen molar-refractivity contribution in [1.82, 2.24) is 24.6 Å². The van der Waals surface area contributed by atoms with E-state index in [4.69, 9.17) is 0 Å². The van der Waals surface area contributed by atoms with E-state index in [1.165, 1.54) is 24.1 Å². The lowest BCUT2D eigenvalue weighted by Crippen LogP contribution is -2.47. The number of pyridine rings is 1. The van der Waals surface area contributed by atoms with Crippen LogP contribution in [0.15, 0.2) is 24.7 Å². The van der Waals surface area contributed by atoms with Crippen LogP contribution in [0.2, 0.25) is 0 Å². The summed E-state index contributed by atoms with van der Waals surface area (Å²) in [4.78, 5) is 17.5. The van der Waals surface area contributed by atoms with E-state index in [1.54, 1.807) is 12.4 Å². The summed E-state index contributed by atoms with van der Waals surface area (Å²) in [5.74, 6) is -4.16. The molecule has 0 saturated carbocycles. The Balaban J connectivity index is 1.81. The fraction of sp³-hybridized carbons (Fsp3) is 0.529. The number of hydrogen-bond acceptors (Lipinski definition) is 4. The first-order chi connectivity index (χ1) is 11.9. The molecule has 0 N–H and O–H groups in total. The van der Waals surface area contributed by atoms with Crippen LogP contribution >= 0.6 is 0 Å². The minimum Gasteiger partial charge on any atom is -0.336 e. The minimum atomic E-state index is -3.63. The molecule has 2 aromatic rings. The molecule has 0 aromatic carbocycles. The van der Waals surface area contributed by atoms with Crippen LogP contribution in [0.1, 0.15) is 42.8 Å². The average Bonchev–Trinajstić information content (AvgIpc) is 3.10. The van der Waals surface area contributed by atoms with E-state index in [0.717, 1.165) is 12.2 Å². The van der Waals surface area contributed by atoms with Gasteiger partial charge >= 0.3 is 5.92 Å². The van der Waals surface area contributed by atoms with E-state index >= 15 is 0 Å². The quantitative estimate of drug-likeness (QED) is 0.851. The van der Waals surface area contributed by atoms with Gasteiger partial charge in [-0.2, -0.15) is 8.78 Å². The Kier molecular flexibility index (Phi) is 4.78. The van der Waals surface area contributed by atoms with Crippen molar-refractivity contribution in [2.45, 2.75) is 45.1 Å². The highest BCUT2D eigenvalue weighted by molar-refractivity contribution is 5.84. The van der Waals surface area contributed by atoms with Gasteiger partial charge in [0.1, 0.15) is 17.8 Å². The number of piperidine rings is 1. The Morgan fingerprint density at radius 1 is 1.44 bits per heavy atom. The van der Waals surface area contributed by atoms with Gasteiger partial charge in [0.15, 0.2) is 0 Å². The van der Waals surface area contributed by atoms with Crippen LogP contribution in [-0.4, -0.2) is 43.6 Å². The van der Waals surface area contributed by atoms with Crippen molar-refractivity contribution in [3.63, 3.8) is 0 Å². The second-order valence-electron chi connectivity index (χ2n) is 6.31. The van der Waals surface area contributed by atoms with Gasteiger partial charge in [-0.25, -0.2) is 0 Å². The van der Waals surface area contributed by atoms with Gasteiger partial charge in [-0.3, -0.25) is 9.78 Å². The van der Waals surface area contributed by atoms with Crippen LogP contribution in [0.25, 0.3) is 0 Å². The summed E-state index contributed by atoms with van der Waals surface area (Å²) >= 11 is 0. The third-order valence-corrected chi connectivity index (χ3v) is 4.64. The van der Waals surface area contributed by atoms with Crippen LogP contribution in [0.3, 0.4) is 0 Å². The van der Waals surface area contributed by atoms with Crippen LogP contribution < -0.4 is 0 Å². The molecule has 0 bridgehead atoms. The Labute approximate surface area is 144 Å². The van der Waals surface area contributed by atoms with Gasteiger partial charge < -0.3 is 9.47 Å². The van der Waals surface area contributed by atoms with Gasteiger partial charge in [-0.05, 0) is 38.3 Å². The molecule has 8 heteroatoms. The standard InChI is InChI=1S/C17H21F2N5O/c1-3-23-11-21-22-15(23)13-7-5-9-24(10-13)16(25)17(18,19)14-12(2)6-4-8-20-14/h4,6,8,11,13H,3,5,7,9-10H2,1-2H3/t13-/m0/s1. The van der Waals surface area contributed by atoms with Gasteiger partial charge in [0.25, 0.3) is 5.91 Å². The molecule has 3 rings (SSSR count). The van der Waals surface area contributed by atoms with Gasteiger partial charge in [-0.1, -0.05) is 6.07 Å². The number of hydrogen-bond donors (Lipinski definition) is 0. The molecule has 0 radical (unpaired) electrons.